The van der Waals surface area contributed by atoms with Crippen molar-refractivity contribution >= 4 is 5.82 Å². The maximum Gasteiger partial charge on any atom is 0.416 e. The number of halogens is 3. The molecule has 1 aliphatic rings. The quantitative estimate of drug-likeness (QED) is 0.913. The number of rotatable bonds is 2. The molecule has 0 spiro atoms. The molecule has 6 heteroatoms. The Kier molecular flexibility index (Phi) is 2.88. The lowest BCUT2D eigenvalue weighted by atomic mass is 10.1. The molecule has 0 bridgehead atoms. The number of nitrogen functional groups attached to an aromatic ring is 1. The molecule has 0 aliphatic heterocycles. The zero-order chi connectivity index (χ0) is 14.3. The fraction of sp³-hybridized carbons (Fsp3) is 0.286. The van der Waals surface area contributed by atoms with Crippen molar-refractivity contribution in [3.63, 3.8) is 0 Å². The van der Waals surface area contributed by atoms with Crippen LogP contribution >= 0.6 is 0 Å². The average Bonchev–Trinajstić information content (AvgIpc) is 3.21. The molecule has 1 saturated carbocycles. The van der Waals surface area contributed by atoms with Crippen molar-refractivity contribution in [2.24, 2.45) is 0 Å². The van der Waals surface area contributed by atoms with Gasteiger partial charge in [0, 0.05) is 17.5 Å². The Balaban J connectivity index is 2.04. The number of alkyl halides is 3. The van der Waals surface area contributed by atoms with Gasteiger partial charge in [0.2, 0.25) is 0 Å². The fourth-order valence-corrected chi connectivity index (χ4v) is 2.01. The van der Waals surface area contributed by atoms with Crippen LogP contribution in [-0.2, 0) is 6.18 Å². The number of nitrogens with two attached hydrogens (primary N) is 1. The summed E-state index contributed by atoms with van der Waals surface area (Å²) >= 11 is 0. The van der Waals surface area contributed by atoms with Crippen LogP contribution in [-0.4, -0.2) is 9.97 Å². The first-order chi connectivity index (χ1) is 9.43. The molecule has 0 atom stereocenters. The summed E-state index contributed by atoms with van der Waals surface area (Å²) in [7, 11) is 0. The van der Waals surface area contributed by atoms with E-state index < -0.39 is 11.7 Å². The first-order valence-electron chi connectivity index (χ1n) is 6.25. The van der Waals surface area contributed by atoms with Crippen LogP contribution < -0.4 is 5.73 Å². The van der Waals surface area contributed by atoms with Gasteiger partial charge >= 0.3 is 6.18 Å². The van der Waals surface area contributed by atoms with E-state index in [1.165, 1.54) is 12.1 Å². The summed E-state index contributed by atoms with van der Waals surface area (Å²) in [6.45, 7) is 0. The third-order valence-corrected chi connectivity index (χ3v) is 3.19. The number of hydrogen-bond donors (Lipinski definition) is 1. The van der Waals surface area contributed by atoms with Gasteiger partial charge in [0.25, 0.3) is 0 Å². The maximum absolute atomic E-state index is 12.7. The van der Waals surface area contributed by atoms with E-state index in [0.717, 1.165) is 25.0 Å². The minimum atomic E-state index is -4.37. The second-order valence-corrected chi connectivity index (χ2v) is 4.89. The maximum atomic E-state index is 12.7. The zero-order valence-electron chi connectivity index (χ0n) is 10.5. The molecular weight excluding hydrogens is 267 g/mol. The van der Waals surface area contributed by atoms with Crippen molar-refractivity contribution in [2.45, 2.75) is 24.9 Å². The van der Waals surface area contributed by atoms with Crippen LogP contribution in [0.5, 0.6) is 0 Å². The van der Waals surface area contributed by atoms with Crippen LogP contribution in [0.1, 0.15) is 30.1 Å². The monoisotopic (exact) mass is 279 g/mol. The molecule has 2 N–H and O–H groups in total. The summed E-state index contributed by atoms with van der Waals surface area (Å²) in [5.74, 6) is 1.20. The average molecular weight is 279 g/mol. The molecule has 3 nitrogen and oxygen atoms in total. The van der Waals surface area contributed by atoms with E-state index in [9.17, 15) is 13.2 Å². The lowest BCUT2D eigenvalue weighted by Gasteiger charge is -2.09. The molecule has 1 aromatic carbocycles. The standard InChI is InChI=1S/C14H12F3N3/c15-14(16,17)10-3-1-2-9(6-10)11-7-12(18)20-13(19-11)8-4-5-8/h1-3,6-8H,4-5H2,(H2,18,19,20). The molecule has 2 aromatic rings. The number of anilines is 1. The van der Waals surface area contributed by atoms with Crippen molar-refractivity contribution in [1.29, 1.82) is 0 Å². The van der Waals surface area contributed by atoms with Crippen LogP contribution in [0.4, 0.5) is 19.0 Å². The predicted octanol–water partition coefficient (Wildman–Crippen LogP) is 3.62. The van der Waals surface area contributed by atoms with Crippen molar-refractivity contribution in [2.75, 3.05) is 5.73 Å². The largest absolute Gasteiger partial charge is 0.416 e. The van der Waals surface area contributed by atoms with Crippen LogP contribution in [0, 0.1) is 0 Å². The van der Waals surface area contributed by atoms with Crippen LogP contribution in [0.15, 0.2) is 30.3 Å². The summed E-state index contributed by atoms with van der Waals surface area (Å²) in [5.41, 5.74) is 5.85. The molecule has 0 unspecified atom stereocenters. The van der Waals surface area contributed by atoms with E-state index in [2.05, 4.69) is 9.97 Å². The lowest BCUT2D eigenvalue weighted by molar-refractivity contribution is -0.137. The highest BCUT2D eigenvalue weighted by molar-refractivity contribution is 5.63. The van der Waals surface area contributed by atoms with E-state index in [1.54, 1.807) is 6.07 Å². The van der Waals surface area contributed by atoms with Crippen molar-refractivity contribution in [1.82, 2.24) is 9.97 Å². The molecule has 3 rings (SSSR count). The lowest BCUT2D eigenvalue weighted by Crippen LogP contribution is -2.05. The molecule has 0 saturated heterocycles. The highest BCUT2D eigenvalue weighted by Crippen LogP contribution is 2.39. The third-order valence-electron chi connectivity index (χ3n) is 3.19. The van der Waals surface area contributed by atoms with E-state index >= 15 is 0 Å². The molecule has 1 aliphatic carbocycles. The Morgan fingerprint density at radius 2 is 1.85 bits per heavy atom. The fourth-order valence-electron chi connectivity index (χ4n) is 2.01. The van der Waals surface area contributed by atoms with Gasteiger partial charge < -0.3 is 5.73 Å². The molecule has 1 fully saturated rings. The topological polar surface area (TPSA) is 51.8 Å². The smallest absolute Gasteiger partial charge is 0.384 e. The van der Waals surface area contributed by atoms with Crippen LogP contribution in [0.25, 0.3) is 11.3 Å². The predicted molar refractivity (Wildman–Crippen MR) is 68.9 cm³/mol. The first kappa shape index (κ1) is 12.9. The van der Waals surface area contributed by atoms with Crippen LogP contribution in [0.2, 0.25) is 0 Å². The molecule has 1 aromatic heterocycles. The van der Waals surface area contributed by atoms with E-state index in [1.807, 2.05) is 0 Å². The highest BCUT2D eigenvalue weighted by atomic mass is 19.4. The number of aromatic nitrogens is 2. The van der Waals surface area contributed by atoms with Crippen molar-refractivity contribution in [3.05, 3.63) is 41.7 Å². The normalized spacial score (nSPS) is 15.3. The summed E-state index contributed by atoms with van der Waals surface area (Å²) in [5, 5.41) is 0. The van der Waals surface area contributed by atoms with Gasteiger partial charge in [0.05, 0.1) is 11.3 Å². The summed E-state index contributed by atoms with van der Waals surface area (Å²) in [6.07, 6.45) is -2.36. The number of nitrogens with zero attached hydrogens (tertiary/aromatic N) is 2. The molecule has 20 heavy (non-hydrogen) atoms. The Bertz CT molecular complexity index is 648. The Morgan fingerprint density at radius 1 is 1.10 bits per heavy atom. The van der Waals surface area contributed by atoms with Crippen molar-refractivity contribution in [3.8, 4) is 11.3 Å². The van der Waals surface area contributed by atoms with E-state index in [0.29, 0.717) is 23.0 Å². The van der Waals surface area contributed by atoms with E-state index in [4.69, 9.17) is 5.73 Å². The Morgan fingerprint density at radius 3 is 2.50 bits per heavy atom. The van der Waals surface area contributed by atoms with E-state index in [-0.39, 0.29) is 5.82 Å². The summed E-state index contributed by atoms with van der Waals surface area (Å²) < 4.78 is 38.2. The molecular formula is C14H12F3N3. The molecule has 0 amide bonds. The van der Waals surface area contributed by atoms with Crippen LogP contribution in [0.3, 0.4) is 0 Å². The Labute approximate surface area is 113 Å². The van der Waals surface area contributed by atoms with Gasteiger partial charge in [0.1, 0.15) is 11.6 Å². The minimum Gasteiger partial charge on any atom is -0.384 e. The van der Waals surface area contributed by atoms with Gasteiger partial charge in [0.15, 0.2) is 0 Å². The first-order valence-corrected chi connectivity index (χ1v) is 6.25. The highest BCUT2D eigenvalue weighted by Gasteiger charge is 2.31. The second kappa shape index (κ2) is 4.47. The molecule has 0 radical (unpaired) electrons. The summed E-state index contributed by atoms with van der Waals surface area (Å²) in [6, 6.07) is 6.58. The van der Waals surface area contributed by atoms with Gasteiger partial charge in [-0.2, -0.15) is 13.2 Å². The SMILES string of the molecule is Nc1cc(-c2cccc(C(F)(F)F)c2)nc(C2CC2)n1. The third kappa shape index (κ3) is 2.59. The van der Waals surface area contributed by atoms with Gasteiger partial charge in [-0.05, 0) is 25.0 Å². The number of benzene rings is 1. The minimum absolute atomic E-state index is 0.286. The zero-order valence-corrected chi connectivity index (χ0v) is 10.5. The second-order valence-electron chi connectivity index (χ2n) is 4.89. The molecule has 1 heterocycles. The van der Waals surface area contributed by atoms with Gasteiger partial charge in [-0.1, -0.05) is 12.1 Å². The Hall–Kier alpha value is -2.11. The van der Waals surface area contributed by atoms with Gasteiger partial charge in [-0.3, -0.25) is 0 Å². The van der Waals surface area contributed by atoms with Crippen molar-refractivity contribution < 1.29 is 13.2 Å². The van der Waals surface area contributed by atoms with Gasteiger partial charge in [-0.15, -0.1) is 0 Å². The summed E-state index contributed by atoms with van der Waals surface area (Å²) in [4.78, 5) is 8.47. The number of hydrogen-bond acceptors (Lipinski definition) is 3. The van der Waals surface area contributed by atoms with Gasteiger partial charge in [-0.25, -0.2) is 9.97 Å². The molecule has 104 valence electrons.